The van der Waals surface area contributed by atoms with Crippen LogP contribution in [0, 0.1) is 29.3 Å². The molecule has 0 spiro atoms. The molecule has 0 bridgehead atoms. The van der Waals surface area contributed by atoms with E-state index in [-0.39, 0.29) is 29.9 Å². The summed E-state index contributed by atoms with van der Waals surface area (Å²) in [7, 11) is 0. The van der Waals surface area contributed by atoms with Crippen molar-refractivity contribution in [2.45, 2.75) is 51.6 Å². The van der Waals surface area contributed by atoms with E-state index in [9.17, 15) is 27.9 Å². The predicted octanol–water partition coefficient (Wildman–Crippen LogP) is 4.67. The third-order valence-corrected chi connectivity index (χ3v) is 7.47. The van der Waals surface area contributed by atoms with Crippen molar-refractivity contribution in [1.82, 2.24) is 14.5 Å². The summed E-state index contributed by atoms with van der Waals surface area (Å²) in [5, 5.41) is 10.1. The van der Waals surface area contributed by atoms with E-state index < -0.39 is 23.4 Å². The number of aliphatic carboxylic acids is 1. The number of carbonyl (C=O) groups is 2. The lowest BCUT2D eigenvalue weighted by atomic mass is 9.80. The first-order valence-corrected chi connectivity index (χ1v) is 11.9. The minimum atomic E-state index is -1.50. The van der Waals surface area contributed by atoms with E-state index in [4.69, 9.17) is 0 Å². The fraction of sp³-hybridized carbons (Fsp3) is 0.423. The van der Waals surface area contributed by atoms with Crippen molar-refractivity contribution in [3.8, 4) is 0 Å². The van der Waals surface area contributed by atoms with Crippen LogP contribution >= 0.6 is 0 Å². The Morgan fingerprint density at radius 3 is 2.57 bits per heavy atom. The van der Waals surface area contributed by atoms with E-state index in [0.29, 0.717) is 44.4 Å². The Labute approximate surface area is 200 Å². The number of halogens is 3. The molecular weight excluding hydrogens is 459 g/mol. The highest BCUT2D eigenvalue weighted by Gasteiger charge is 2.31. The number of aromatic nitrogens is 2. The molecule has 2 aromatic heterocycles. The van der Waals surface area contributed by atoms with Gasteiger partial charge in [-0.25, -0.2) is 18.2 Å². The van der Waals surface area contributed by atoms with Crippen molar-refractivity contribution in [3.63, 3.8) is 0 Å². The minimum absolute atomic E-state index is 0.00731. The Hall–Kier alpha value is -3.36. The van der Waals surface area contributed by atoms with E-state index in [1.807, 2.05) is 12.1 Å². The Morgan fingerprint density at radius 2 is 1.83 bits per heavy atom. The highest BCUT2D eigenvalue weighted by atomic mass is 19.2. The van der Waals surface area contributed by atoms with Crippen LogP contribution in [0.3, 0.4) is 0 Å². The molecule has 1 saturated carbocycles. The third kappa shape index (κ3) is 4.39. The minimum Gasteiger partial charge on any atom is -0.481 e. The second kappa shape index (κ2) is 9.36. The van der Waals surface area contributed by atoms with E-state index >= 15 is 0 Å². The van der Waals surface area contributed by atoms with Gasteiger partial charge in [0.2, 0.25) is 5.91 Å². The molecule has 0 saturated heterocycles. The molecule has 35 heavy (non-hydrogen) atoms. The topological polar surface area (TPSA) is 75.4 Å². The van der Waals surface area contributed by atoms with Crippen molar-refractivity contribution in [3.05, 3.63) is 64.7 Å². The summed E-state index contributed by atoms with van der Waals surface area (Å²) in [5.74, 6) is -4.87. The summed E-state index contributed by atoms with van der Waals surface area (Å²) in [6.45, 7) is 0.831. The zero-order valence-corrected chi connectivity index (χ0v) is 19.1. The van der Waals surface area contributed by atoms with Crippen LogP contribution in [0.4, 0.5) is 13.2 Å². The van der Waals surface area contributed by atoms with Crippen LogP contribution in [0.15, 0.2) is 30.5 Å². The Morgan fingerprint density at radius 1 is 1.06 bits per heavy atom. The average Bonchev–Trinajstić information content (AvgIpc) is 3.17. The van der Waals surface area contributed by atoms with E-state index in [2.05, 4.69) is 4.98 Å². The van der Waals surface area contributed by atoms with Gasteiger partial charge in [-0.3, -0.25) is 9.59 Å². The average molecular weight is 486 g/mol. The van der Waals surface area contributed by atoms with Crippen molar-refractivity contribution >= 4 is 22.9 Å². The Balaban J connectivity index is 1.39. The number of hydrogen-bond donors (Lipinski definition) is 1. The second-order valence-corrected chi connectivity index (χ2v) is 9.55. The summed E-state index contributed by atoms with van der Waals surface area (Å²) >= 11 is 0. The molecule has 1 amide bonds. The molecule has 2 aliphatic rings. The van der Waals surface area contributed by atoms with Gasteiger partial charge in [-0.05, 0) is 61.8 Å². The van der Waals surface area contributed by atoms with Crippen LogP contribution in [0.2, 0.25) is 0 Å². The van der Waals surface area contributed by atoms with Gasteiger partial charge in [-0.1, -0.05) is 6.07 Å². The van der Waals surface area contributed by atoms with Crippen LogP contribution in [0.1, 0.15) is 48.9 Å². The number of rotatable bonds is 5. The van der Waals surface area contributed by atoms with Crippen LogP contribution in [-0.2, 0) is 29.1 Å². The van der Waals surface area contributed by atoms with Crippen LogP contribution in [0.25, 0.3) is 11.0 Å². The molecule has 1 aliphatic heterocycles. The first kappa shape index (κ1) is 23.4. The maximum absolute atomic E-state index is 14.5. The molecule has 1 N–H and O–H groups in total. The van der Waals surface area contributed by atoms with Crippen LogP contribution < -0.4 is 0 Å². The zero-order chi connectivity index (χ0) is 24.7. The van der Waals surface area contributed by atoms with E-state index in [0.717, 1.165) is 35.6 Å². The van der Waals surface area contributed by atoms with Gasteiger partial charge >= 0.3 is 5.97 Å². The van der Waals surface area contributed by atoms with Crippen LogP contribution in [0.5, 0.6) is 0 Å². The van der Waals surface area contributed by atoms with E-state index in [1.54, 1.807) is 15.7 Å². The largest absolute Gasteiger partial charge is 0.481 e. The van der Waals surface area contributed by atoms with Gasteiger partial charge in [0.05, 0.1) is 19.0 Å². The number of amides is 1. The molecule has 3 heterocycles. The van der Waals surface area contributed by atoms with Crippen molar-refractivity contribution < 1.29 is 27.9 Å². The predicted molar refractivity (Wildman–Crippen MR) is 122 cm³/mol. The number of nitrogens with zero attached hydrogens (tertiary/aromatic N) is 3. The summed E-state index contributed by atoms with van der Waals surface area (Å²) in [6, 6.07) is 5.89. The lowest BCUT2D eigenvalue weighted by Crippen LogP contribution is -2.38. The molecule has 1 aliphatic carbocycles. The first-order valence-electron chi connectivity index (χ1n) is 11.9. The molecule has 5 rings (SSSR count). The van der Waals surface area contributed by atoms with E-state index in [1.165, 1.54) is 6.07 Å². The second-order valence-electron chi connectivity index (χ2n) is 9.55. The van der Waals surface area contributed by atoms with Gasteiger partial charge in [0, 0.05) is 35.8 Å². The fourth-order valence-electron chi connectivity index (χ4n) is 5.49. The fourth-order valence-corrected chi connectivity index (χ4v) is 5.49. The number of fused-ring (bicyclic) bond motifs is 3. The maximum Gasteiger partial charge on any atom is 0.306 e. The highest BCUT2D eigenvalue weighted by Crippen LogP contribution is 2.34. The van der Waals surface area contributed by atoms with Gasteiger partial charge in [0.25, 0.3) is 0 Å². The summed E-state index contributed by atoms with van der Waals surface area (Å²) in [5.41, 5.74) is 2.47. The van der Waals surface area contributed by atoms with Gasteiger partial charge < -0.3 is 14.6 Å². The molecule has 3 aromatic rings. The van der Waals surface area contributed by atoms with Gasteiger partial charge in [-0.2, -0.15) is 0 Å². The van der Waals surface area contributed by atoms with Crippen molar-refractivity contribution in [2.75, 3.05) is 6.54 Å². The quantitative estimate of drug-likeness (QED) is 0.533. The molecule has 0 unspecified atom stereocenters. The van der Waals surface area contributed by atoms with Crippen LogP contribution in [-0.4, -0.2) is 38.0 Å². The monoisotopic (exact) mass is 485 g/mol. The van der Waals surface area contributed by atoms with Gasteiger partial charge in [0.1, 0.15) is 5.65 Å². The number of hydrogen-bond acceptors (Lipinski definition) is 3. The summed E-state index contributed by atoms with van der Waals surface area (Å²) in [6.07, 6.45) is 5.25. The lowest BCUT2D eigenvalue weighted by Gasteiger charge is -2.31. The summed E-state index contributed by atoms with van der Waals surface area (Å²) in [4.78, 5) is 30.6. The smallest absolute Gasteiger partial charge is 0.306 e. The van der Waals surface area contributed by atoms with Gasteiger partial charge in [-0.15, -0.1) is 0 Å². The molecule has 1 aromatic carbocycles. The normalized spacial score (nSPS) is 20.1. The Kier molecular flexibility index (Phi) is 6.25. The molecule has 9 heteroatoms. The third-order valence-electron chi connectivity index (χ3n) is 7.47. The van der Waals surface area contributed by atoms with Gasteiger partial charge in [0.15, 0.2) is 17.5 Å². The molecule has 6 nitrogen and oxygen atoms in total. The number of carboxylic acid groups (broad SMARTS) is 1. The highest BCUT2D eigenvalue weighted by molar-refractivity contribution is 5.84. The first-order chi connectivity index (χ1) is 16.8. The Bertz CT molecular complexity index is 1300. The maximum atomic E-state index is 14.5. The molecule has 184 valence electrons. The zero-order valence-electron chi connectivity index (χ0n) is 19.1. The number of pyridine rings is 1. The molecule has 1 fully saturated rings. The SMILES string of the molecule is O=C(O)C1CCC(CC(=O)N2CCc3c(n(Cc4ccc(F)c(F)c4F)c4ncccc34)C2)CC1. The lowest BCUT2D eigenvalue weighted by molar-refractivity contribution is -0.143. The molecule has 0 atom stereocenters. The van der Waals surface area contributed by atoms with Crippen molar-refractivity contribution in [1.29, 1.82) is 0 Å². The molecule has 0 radical (unpaired) electrons. The molecular formula is C26H26F3N3O3. The van der Waals surface area contributed by atoms with Crippen molar-refractivity contribution in [2.24, 2.45) is 11.8 Å². The number of benzene rings is 1. The standard InChI is InChI=1S/C26H26F3N3O3/c27-20-8-7-17(23(28)24(20)29)13-32-21-14-31(11-9-18(21)19-2-1-10-30-25(19)32)22(33)12-15-3-5-16(6-4-15)26(34)35/h1-2,7-8,10,15-16H,3-6,9,11-14H2,(H,34,35). The number of carboxylic acids is 1. The number of carbonyl (C=O) groups excluding carboxylic acids is 1. The summed E-state index contributed by atoms with van der Waals surface area (Å²) < 4.78 is 43.6.